The molecule has 1 saturated heterocycles. The summed E-state index contributed by atoms with van der Waals surface area (Å²) in [5.41, 5.74) is 2.34. The van der Waals surface area contributed by atoms with Crippen molar-refractivity contribution in [3.05, 3.63) is 42.1 Å². The van der Waals surface area contributed by atoms with Crippen LogP contribution in [-0.2, 0) is 13.1 Å². The zero-order chi connectivity index (χ0) is 16.1. The lowest BCUT2D eigenvalue weighted by molar-refractivity contribution is 0.270. The molecule has 6 heteroatoms. The summed E-state index contributed by atoms with van der Waals surface area (Å²) in [6, 6.07) is 2.01. The van der Waals surface area contributed by atoms with Gasteiger partial charge in [0.1, 0.15) is 0 Å². The fourth-order valence-electron chi connectivity index (χ4n) is 2.78. The van der Waals surface area contributed by atoms with Crippen molar-refractivity contribution in [1.29, 1.82) is 0 Å². The maximum Gasteiger partial charge on any atom is 0.225 e. The Morgan fingerprint density at radius 2 is 1.78 bits per heavy atom. The number of likely N-dealkylation sites (N-methyl/N-ethyl adjacent to an activating group) is 1. The molecule has 0 saturated carbocycles. The maximum atomic E-state index is 5.14. The molecule has 0 aliphatic carbocycles. The lowest BCUT2D eigenvalue weighted by Crippen LogP contribution is -2.45. The first-order valence-corrected chi connectivity index (χ1v) is 8.22. The SMILES string of the molecule is CCN(Cc1cnc(N2CCN(C)CC2)nc1)Cc1ccoc1. The van der Waals surface area contributed by atoms with Crippen LogP contribution >= 0.6 is 0 Å². The van der Waals surface area contributed by atoms with E-state index in [0.717, 1.165) is 57.3 Å². The van der Waals surface area contributed by atoms with Gasteiger partial charge in [0, 0.05) is 62.8 Å². The van der Waals surface area contributed by atoms with Crippen LogP contribution in [0.5, 0.6) is 0 Å². The predicted octanol–water partition coefficient (Wildman–Crippen LogP) is 1.84. The molecule has 0 spiro atoms. The average molecular weight is 315 g/mol. The van der Waals surface area contributed by atoms with Gasteiger partial charge in [-0.3, -0.25) is 4.90 Å². The Bertz CT molecular complexity index is 576. The molecule has 0 amide bonds. The first kappa shape index (κ1) is 16.0. The van der Waals surface area contributed by atoms with Gasteiger partial charge in [0.05, 0.1) is 12.5 Å². The van der Waals surface area contributed by atoms with Crippen molar-refractivity contribution >= 4 is 5.95 Å². The van der Waals surface area contributed by atoms with Crippen LogP contribution in [-0.4, -0.2) is 59.5 Å². The van der Waals surface area contributed by atoms with Crippen molar-refractivity contribution in [1.82, 2.24) is 19.8 Å². The van der Waals surface area contributed by atoms with Gasteiger partial charge in [0.15, 0.2) is 0 Å². The summed E-state index contributed by atoms with van der Waals surface area (Å²) in [6.07, 6.45) is 7.43. The smallest absolute Gasteiger partial charge is 0.225 e. The number of aromatic nitrogens is 2. The molecule has 6 nitrogen and oxygen atoms in total. The fraction of sp³-hybridized carbons (Fsp3) is 0.529. The summed E-state index contributed by atoms with van der Waals surface area (Å²) in [6.45, 7) is 9.01. The molecule has 23 heavy (non-hydrogen) atoms. The van der Waals surface area contributed by atoms with Crippen LogP contribution in [0.4, 0.5) is 5.95 Å². The largest absolute Gasteiger partial charge is 0.472 e. The van der Waals surface area contributed by atoms with Crippen LogP contribution < -0.4 is 4.90 Å². The highest BCUT2D eigenvalue weighted by molar-refractivity contribution is 5.30. The zero-order valence-electron chi connectivity index (χ0n) is 14.0. The van der Waals surface area contributed by atoms with Crippen molar-refractivity contribution in [2.24, 2.45) is 0 Å². The second kappa shape index (κ2) is 7.57. The van der Waals surface area contributed by atoms with E-state index in [9.17, 15) is 0 Å². The summed E-state index contributed by atoms with van der Waals surface area (Å²) in [7, 11) is 2.15. The summed E-state index contributed by atoms with van der Waals surface area (Å²) in [5, 5.41) is 0. The highest BCUT2D eigenvalue weighted by Gasteiger charge is 2.16. The minimum Gasteiger partial charge on any atom is -0.472 e. The molecular formula is C17H25N5O. The van der Waals surface area contributed by atoms with Gasteiger partial charge in [-0.05, 0) is 19.7 Å². The van der Waals surface area contributed by atoms with Gasteiger partial charge >= 0.3 is 0 Å². The minimum atomic E-state index is 0.847. The van der Waals surface area contributed by atoms with Crippen molar-refractivity contribution in [2.45, 2.75) is 20.0 Å². The molecule has 124 valence electrons. The minimum absolute atomic E-state index is 0.847. The number of piperazine rings is 1. The van der Waals surface area contributed by atoms with Crippen LogP contribution in [0.1, 0.15) is 18.1 Å². The summed E-state index contributed by atoms with van der Waals surface area (Å²) >= 11 is 0. The van der Waals surface area contributed by atoms with Crippen LogP contribution in [0, 0.1) is 0 Å². The van der Waals surface area contributed by atoms with Gasteiger partial charge in [-0.1, -0.05) is 6.92 Å². The third kappa shape index (κ3) is 4.30. The Morgan fingerprint density at radius 3 is 2.39 bits per heavy atom. The highest BCUT2D eigenvalue weighted by Crippen LogP contribution is 2.13. The predicted molar refractivity (Wildman–Crippen MR) is 90.2 cm³/mol. The number of hydrogen-bond acceptors (Lipinski definition) is 6. The molecule has 0 bridgehead atoms. The van der Waals surface area contributed by atoms with E-state index in [2.05, 4.69) is 38.6 Å². The third-order valence-electron chi connectivity index (χ3n) is 4.32. The Morgan fingerprint density at radius 1 is 1.09 bits per heavy atom. The molecule has 0 unspecified atom stereocenters. The molecule has 0 radical (unpaired) electrons. The van der Waals surface area contributed by atoms with Gasteiger partial charge in [-0.15, -0.1) is 0 Å². The molecule has 1 aliphatic heterocycles. The van der Waals surface area contributed by atoms with Gasteiger partial charge in [-0.2, -0.15) is 0 Å². The van der Waals surface area contributed by atoms with Crippen molar-refractivity contribution in [2.75, 3.05) is 44.7 Å². The molecule has 0 aromatic carbocycles. The zero-order valence-corrected chi connectivity index (χ0v) is 14.0. The second-order valence-corrected chi connectivity index (χ2v) is 6.12. The third-order valence-corrected chi connectivity index (χ3v) is 4.32. The van der Waals surface area contributed by atoms with Crippen LogP contribution in [0.15, 0.2) is 35.4 Å². The summed E-state index contributed by atoms with van der Waals surface area (Å²) in [4.78, 5) is 16.1. The number of anilines is 1. The van der Waals surface area contributed by atoms with E-state index in [0.29, 0.717) is 0 Å². The lowest BCUT2D eigenvalue weighted by atomic mass is 10.2. The second-order valence-electron chi connectivity index (χ2n) is 6.12. The topological polar surface area (TPSA) is 48.6 Å². The quantitative estimate of drug-likeness (QED) is 0.811. The average Bonchev–Trinajstić information content (AvgIpc) is 3.09. The first-order chi connectivity index (χ1) is 11.2. The van der Waals surface area contributed by atoms with Crippen molar-refractivity contribution < 1.29 is 4.42 Å². The normalized spacial score (nSPS) is 16.2. The van der Waals surface area contributed by atoms with E-state index in [1.807, 2.05) is 18.5 Å². The molecule has 3 heterocycles. The summed E-state index contributed by atoms with van der Waals surface area (Å²) in [5.74, 6) is 0.847. The van der Waals surface area contributed by atoms with E-state index in [1.165, 1.54) is 5.56 Å². The number of hydrogen-bond donors (Lipinski definition) is 0. The summed E-state index contributed by atoms with van der Waals surface area (Å²) < 4.78 is 5.14. The van der Waals surface area contributed by atoms with Gasteiger partial charge < -0.3 is 14.2 Å². The molecule has 1 fully saturated rings. The van der Waals surface area contributed by atoms with Gasteiger partial charge in [-0.25, -0.2) is 9.97 Å². The van der Waals surface area contributed by atoms with E-state index >= 15 is 0 Å². The van der Waals surface area contributed by atoms with Crippen molar-refractivity contribution in [3.8, 4) is 0 Å². The van der Waals surface area contributed by atoms with Crippen LogP contribution in [0.2, 0.25) is 0 Å². The maximum absolute atomic E-state index is 5.14. The van der Waals surface area contributed by atoms with E-state index in [4.69, 9.17) is 4.42 Å². The Hall–Kier alpha value is -1.92. The molecule has 2 aromatic rings. The first-order valence-electron chi connectivity index (χ1n) is 8.22. The van der Waals surface area contributed by atoms with E-state index in [1.54, 1.807) is 12.5 Å². The molecule has 3 rings (SSSR count). The Labute approximate surface area is 137 Å². The standard InChI is InChI=1S/C17H25N5O/c1-3-21(12-15-4-9-23-14-15)13-16-10-18-17(19-11-16)22-7-5-20(2)6-8-22/h4,9-11,14H,3,5-8,12-13H2,1-2H3. The molecular weight excluding hydrogens is 290 g/mol. The molecule has 0 atom stereocenters. The number of nitrogens with zero attached hydrogens (tertiary/aromatic N) is 5. The number of furan rings is 1. The molecule has 1 aliphatic rings. The molecule has 0 N–H and O–H groups in total. The van der Waals surface area contributed by atoms with E-state index < -0.39 is 0 Å². The van der Waals surface area contributed by atoms with Gasteiger partial charge in [0.2, 0.25) is 5.95 Å². The van der Waals surface area contributed by atoms with Gasteiger partial charge in [0.25, 0.3) is 0 Å². The van der Waals surface area contributed by atoms with Crippen LogP contribution in [0.25, 0.3) is 0 Å². The lowest BCUT2D eigenvalue weighted by Gasteiger charge is -2.32. The van der Waals surface area contributed by atoms with E-state index in [-0.39, 0.29) is 0 Å². The Kier molecular flexibility index (Phi) is 5.25. The van der Waals surface area contributed by atoms with Crippen molar-refractivity contribution in [3.63, 3.8) is 0 Å². The fourth-order valence-corrected chi connectivity index (χ4v) is 2.78. The highest BCUT2D eigenvalue weighted by atomic mass is 16.3. The monoisotopic (exact) mass is 315 g/mol. The van der Waals surface area contributed by atoms with Crippen LogP contribution in [0.3, 0.4) is 0 Å². The number of rotatable bonds is 6. The Balaban J connectivity index is 1.58. The molecule has 2 aromatic heterocycles.